The number of carbonyl (C=O) groups excluding carboxylic acids is 1. The van der Waals surface area contributed by atoms with Gasteiger partial charge < -0.3 is 10.1 Å². The number of amides is 1. The molecule has 0 saturated heterocycles. The van der Waals surface area contributed by atoms with Crippen LogP contribution < -0.4 is 5.32 Å². The number of alkyl carbamates (subject to hydrolysis) is 1. The SMILES string of the molecule is CCC(C)(C)COC(=O)NC. The predicted molar refractivity (Wildman–Crippen MR) is 44.5 cm³/mol. The first-order valence-corrected chi connectivity index (χ1v) is 3.86. The molecular weight excluding hydrogens is 142 g/mol. The molecule has 0 rings (SSSR count). The Morgan fingerprint density at radius 1 is 1.55 bits per heavy atom. The number of hydrogen-bond donors (Lipinski definition) is 1. The Morgan fingerprint density at radius 3 is 2.45 bits per heavy atom. The van der Waals surface area contributed by atoms with Crippen molar-refractivity contribution in [2.24, 2.45) is 5.41 Å². The van der Waals surface area contributed by atoms with E-state index in [0.717, 1.165) is 6.42 Å². The number of carbonyl (C=O) groups is 1. The van der Waals surface area contributed by atoms with Crippen molar-refractivity contribution in [1.29, 1.82) is 0 Å². The maximum absolute atomic E-state index is 10.6. The zero-order chi connectivity index (χ0) is 8.91. The van der Waals surface area contributed by atoms with Gasteiger partial charge in [0.2, 0.25) is 0 Å². The summed E-state index contributed by atoms with van der Waals surface area (Å²) in [5.41, 5.74) is 0.0898. The van der Waals surface area contributed by atoms with Gasteiger partial charge in [-0.05, 0) is 11.8 Å². The van der Waals surface area contributed by atoms with Crippen LogP contribution in [-0.2, 0) is 4.74 Å². The fraction of sp³-hybridized carbons (Fsp3) is 0.875. The van der Waals surface area contributed by atoms with Gasteiger partial charge in [-0.3, -0.25) is 0 Å². The molecule has 11 heavy (non-hydrogen) atoms. The van der Waals surface area contributed by atoms with E-state index in [2.05, 4.69) is 26.1 Å². The Balaban J connectivity index is 3.61. The second kappa shape index (κ2) is 4.21. The highest BCUT2D eigenvalue weighted by atomic mass is 16.5. The first-order valence-electron chi connectivity index (χ1n) is 3.86. The molecule has 1 amide bonds. The maximum Gasteiger partial charge on any atom is 0.406 e. The van der Waals surface area contributed by atoms with E-state index >= 15 is 0 Å². The van der Waals surface area contributed by atoms with Gasteiger partial charge in [0.25, 0.3) is 0 Å². The van der Waals surface area contributed by atoms with Gasteiger partial charge in [-0.2, -0.15) is 0 Å². The molecule has 0 aliphatic heterocycles. The van der Waals surface area contributed by atoms with Gasteiger partial charge in [0, 0.05) is 7.05 Å². The van der Waals surface area contributed by atoms with Crippen LogP contribution >= 0.6 is 0 Å². The van der Waals surface area contributed by atoms with E-state index in [1.807, 2.05) is 0 Å². The van der Waals surface area contributed by atoms with Gasteiger partial charge in [-0.15, -0.1) is 0 Å². The molecule has 0 saturated carbocycles. The fourth-order valence-corrected chi connectivity index (χ4v) is 0.435. The van der Waals surface area contributed by atoms with Gasteiger partial charge >= 0.3 is 6.09 Å². The Labute approximate surface area is 68.1 Å². The highest BCUT2D eigenvalue weighted by Gasteiger charge is 2.16. The maximum atomic E-state index is 10.6. The molecule has 0 fully saturated rings. The zero-order valence-electron chi connectivity index (χ0n) is 7.73. The van der Waals surface area contributed by atoms with Crippen molar-refractivity contribution in [3.8, 4) is 0 Å². The minimum absolute atomic E-state index is 0.0898. The molecule has 0 aliphatic rings. The van der Waals surface area contributed by atoms with E-state index in [4.69, 9.17) is 4.74 Å². The third-order valence-corrected chi connectivity index (χ3v) is 1.76. The van der Waals surface area contributed by atoms with Crippen molar-refractivity contribution < 1.29 is 9.53 Å². The van der Waals surface area contributed by atoms with Crippen LogP contribution in [0.3, 0.4) is 0 Å². The molecule has 1 N–H and O–H groups in total. The van der Waals surface area contributed by atoms with Crippen LogP contribution in [0.2, 0.25) is 0 Å². The molecule has 0 aromatic carbocycles. The van der Waals surface area contributed by atoms with E-state index < -0.39 is 0 Å². The van der Waals surface area contributed by atoms with E-state index in [1.165, 1.54) is 0 Å². The first-order chi connectivity index (χ1) is 5.02. The molecule has 66 valence electrons. The average molecular weight is 159 g/mol. The van der Waals surface area contributed by atoms with Crippen molar-refractivity contribution >= 4 is 6.09 Å². The molecule has 0 aliphatic carbocycles. The molecule has 0 aromatic heterocycles. The topological polar surface area (TPSA) is 38.3 Å². The van der Waals surface area contributed by atoms with E-state index in [9.17, 15) is 4.79 Å². The van der Waals surface area contributed by atoms with Crippen LogP contribution in [0.1, 0.15) is 27.2 Å². The second-order valence-electron chi connectivity index (χ2n) is 3.34. The molecular formula is C8H17NO2. The summed E-state index contributed by atoms with van der Waals surface area (Å²) in [4.78, 5) is 10.6. The second-order valence-corrected chi connectivity index (χ2v) is 3.34. The summed E-state index contributed by atoms with van der Waals surface area (Å²) in [5.74, 6) is 0. The van der Waals surface area contributed by atoms with Crippen LogP contribution in [0.4, 0.5) is 4.79 Å². The molecule has 3 nitrogen and oxygen atoms in total. The molecule has 0 unspecified atom stereocenters. The van der Waals surface area contributed by atoms with Gasteiger partial charge in [0.1, 0.15) is 0 Å². The largest absolute Gasteiger partial charge is 0.449 e. The number of rotatable bonds is 3. The fourth-order valence-electron chi connectivity index (χ4n) is 0.435. The lowest BCUT2D eigenvalue weighted by atomic mass is 9.92. The van der Waals surface area contributed by atoms with Crippen molar-refractivity contribution in [2.45, 2.75) is 27.2 Å². The summed E-state index contributed by atoms with van der Waals surface area (Å²) in [6.07, 6.45) is 0.649. The normalized spacial score (nSPS) is 10.9. The van der Waals surface area contributed by atoms with Gasteiger partial charge in [-0.1, -0.05) is 20.8 Å². The Bertz CT molecular complexity index is 132. The summed E-state index contributed by atoms with van der Waals surface area (Å²) in [6, 6.07) is 0. The highest BCUT2D eigenvalue weighted by molar-refractivity contribution is 5.66. The van der Waals surface area contributed by atoms with Crippen molar-refractivity contribution in [2.75, 3.05) is 13.7 Å². The van der Waals surface area contributed by atoms with Crippen molar-refractivity contribution in [1.82, 2.24) is 5.32 Å². The number of nitrogens with one attached hydrogen (secondary N) is 1. The van der Waals surface area contributed by atoms with E-state index in [0.29, 0.717) is 6.61 Å². The van der Waals surface area contributed by atoms with Crippen LogP contribution in [0.5, 0.6) is 0 Å². The molecule has 0 aromatic rings. The summed E-state index contributed by atoms with van der Waals surface area (Å²) in [7, 11) is 1.56. The van der Waals surface area contributed by atoms with Crippen LogP contribution in [0, 0.1) is 5.41 Å². The lowest BCUT2D eigenvalue weighted by molar-refractivity contribution is 0.0984. The lowest BCUT2D eigenvalue weighted by Crippen LogP contribution is -2.26. The van der Waals surface area contributed by atoms with E-state index in [-0.39, 0.29) is 11.5 Å². The lowest BCUT2D eigenvalue weighted by Gasteiger charge is -2.21. The molecule has 3 heteroatoms. The quantitative estimate of drug-likeness (QED) is 0.681. The van der Waals surface area contributed by atoms with Gasteiger partial charge in [-0.25, -0.2) is 4.79 Å². The smallest absolute Gasteiger partial charge is 0.406 e. The summed E-state index contributed by atoms with van der Waals surface area (Å²) in [5, 5.41) is 2.40. The standard InChI is InChI=1S/C8H17NO2/c1-5-8(2,3)6-11-7(10)9-4/h5-6H2,1-4H3,(H,9,10). The molecule has 0 atom stereocenters. The highest BCUT2D eigenvalue weighted by Crippen LogP contribution is 2.19. The summed E-state index contributed by atoms with van der Waals surface area (Å²) < 4.78 is 4.90. The van der Waals surface area contributed by atoms with Gasteiger partial charge in [0.05, 0.1) is 6.61 Å². The minimum atomic E-state index is -0.355. The Hall–Kier alpha value is -0.730. The molecule has 0 spiro atoms. The Morgan fingerprint density at radius 2 is 2.09 bits per heavy atom. The Kier molecular flexibility index (Phi) is 3.93. The third-order valence-electron chi connectivity index (χ3n) is 1.76. The monoisotopic (exact) mass is 159 g/mol. The zero-order valence-corrected chi connectivity index (χ0v) is 7.73. The van der Waals surface area contributed by atoms with E-state index in [1.54, 1.807) is 7.05 Å². The first kappa shape index (κ1) is 10.3. The minimum Gasteiger partial charge on any atom is -0.449 e. The third kappa shape index (κ3) is 4.65. The summed E-state index contributed by atoms with van der Waals surface area (Å²) in [6.45, 7) is 6.68. The predicted octanol–water partition coefficient (Wildman–Crippen LogP) is 1.78. The van der Waals surface area contributed by atoms with Crippen LogP contribution in [-0.4, -0.2) is 19.7 Å². The summed E-state index contributed by atoms with van der Waals surface area (Å²) >= 11 is 0. The van der Waals surface area contributed by atoms with Gasteiger partial charge in [0.15, 0.2) is 0 Å². The molecule has 0 radical (unpaired) electrons. The number of hydrogen-bond acceptors (Lipinski definition) is 2. The average Bonchev–Trinajstić information content (AvgIpc) is 2.00. The molecule has 0 heterocycles. The molecule has 0 bridgehead atoms. The van der Waals surface area contributed by atoms with Crippen LogP contribution in [0.15, 0.2) is 0 Å². The number of ether oxygens (including phenoxy) is 1. The van der Waals surface area contributed by atoms with Crippen molar-refractivity contribution in [3.63, 3.8) is 0 Å². The van der Waals surface area contributed by atoms with Crippen molar-refractivity contribution in [3.05, 3.63) is 0 Å². The van der Waals surface area contributed by atoms with Crippen LogP contribution in [0.25, 0.3) is 0 Å².